The van der Waals surface area contributed by atoms with Crippen molar-refractivity contribution < 1.29 is 18.4 Å². The minimum absolute atomic E-state index is 0.338. The third kappa shape index (κ3) is 3.30. The van der Waals surface area contributed by atoms with Crippen molar-refractivity contribution in [1.29, 1.82) is 0 Å². The molecule has 2 aromatic rings. The number of hydrogen-bond acceptors (Lipinski definition) is 1. The van der Waals surface area contributed by atoms with Crippen LogP contribution in [0, 0.1) is 17.6 Å². The summed E-state index contributed by atoms with van der Waals surface area (Å²) in [5.74, 6) is -0.433. The van der Waals surface area contributed by atoms with Gasteiger partial charge >= 0.3 is 0 Å². The standard InChI is InChI=1S/C23H28F2NO/c1-26(2)21-9-10-22(26)12-16(11-21)15-23(27,17-5-3-7-19(24)13-17)18-6-4-8-20(25)14-18/h3-8,13-14,16,21-22,27H,9-12,15H2,1-2H3/q+1/t16?,21-,22+. The normalized spacial score (nSPS) is 26.9. The number of rotatable bonds is 4. The summed E-state index contributed by atoms with van der Waals surface area (Å²) in [6, 6.07) is 13.4. The summed E-state index contributed by atoms with van der Waals surface area (Å²) in [4.78, 5) is 0. The van der Waals surface area contributed by atoms with E-state index in [2.05, 4.69) is 14.1 Å². The van der Waals surface area contributed by atoms with E-state index < -0.39 is 5.60 Å². The van der Waals surface area contributed by atoms with E-state index in [1.54, 1.807) is 24.3 Å². The minimum Gasteiger partial charge on any atom is -0.380 e. The Morgan fingerprint density at radius 1 is 0.926 bits per heavy atom. The average Bonchev–Trinajstić information content (AvgIpc) is 2.79. The van der Waals surface area contributed by atoms with Crippen LogP contribution < -0.4 is 0 Å². The number of benzene rings is 2. The summed E-state index contributed by atoms with van der Waals surface area (Å²) in [6.07, 6.45) is 5.05. The first-order chi connectivity index (χ1) is 12.8. The Bertz CT molecular complexity index is 773. The summed E-state index contributed by atoms with van der Waals surface area (Å²) in [6.45, 7) is 0. The number of aliphatic hydroxyl groups is 1. The molecule has 0 spiro atoms. The van der Waals surface area contributed by atoms with Crippen molar-refractivity contribution in [2.45, 2.75) is 49.8 Å². The maximum Gasteiger partial charge on any atom is 0.123 e. The molecule has 0 amide bonds. The molecule has 2 fully saturated rings. The van der Waals surface area contributed by atoms with E-state index in [4.69, 9.17) is 0 Å². The lowest BCUT2D eigenvalue weighted by Gasteiger charge is -2.46. The predicted octanol–water partition coefficient (Wildman–Crippen LogP) is 4.61. The third-order valence-corrected chi connectivity index (χ3v) is 7.11. The summed E-state index contributed by atoms with van der Waals surface area (Å²) < 4.78 is 28.9. The zero-order valence-corrected chi connectivity index (χ0v) is 16.0. The van der Waals surface area contributed by atoms with Gasteiger partial charge in [0, 0.05) is 25.7 Å². The van der Waals surface area contributed by atoms with Gasteiger partial charge in [-0.2, -0.15) is 0 Å². The molecule has 3 atom stereocenters. The second-order valence-electron chi connectivity index (χ2n) is 8.94. The van der Waals surface area contributed by atoms with Crippen LogP contribution in [0.25, 0.3) is 0 Å². The number of fused-ring (bicyclic) bond motifs is 2. The fraction of sp³-hybridized carbons (Fsp3) is 0.478. The molecule has 0 aromatic heterocycles. The van der Waals surface area contributed by atoms with E-state index in [1.807, 2.05) is 0 Å². The van der Waals surface area contributed by atoms with Gasteiger partial charge in [-0.05, 0) is 47.7 Å². The van der Waals surface area contributed by atoms with Crippen molar-refractivity contribution in [3.05, 3.63) is 71.3 Å². The van der Waals surface area contributed by atoms with Crippen LogP contribution in [-0.2, 0) is 5.60 Å². The lowest BCUT2D eigenvalue weighted by Crippen LogP contribution is -2.55. The van der Waals surface area contributed by atoms with Crippen LogP contribution in [0.15, 0.2) is 48.5 Å². The Kier molecular flexibility index (Phi) is 4.59. The fourth-order valence-electron chi connectivity index (χ4n) is 5.47. The molecule has 2 bridgehead atoms. The molecule has 2 aliphatic heterocycles. The molecule has 4 heteroatoms. The molecule has 144 valence electrons. The Morgan fingerprint density at radius 3 is 1.85 bits per heavy atom. The topological polar surface area (TPSA) is 20.2 Å². The molecule has 2 aromatic carbocycles. The molecule has 2 nitrogen and oxygen atoms in total. The van der Waals surface area contributed by atoms with Gasteiger partial charge in [0.15, 0.2) is 0 Å². The highest BCUT2D eigenvalue weighted by Crippen LogP contribution is 2.47. The van der Waals surface area contributed by atoms with E-state index in [0.717, 1.165) is 17.3 Å². The van der Waals surface area contributed by atoms with Gasteiger partial charge in [0.1, 0.15) is 17.2 Å². The molecule has 1 N–H and O–H groups in total. The molecular formula is C23H28F2NO+. The van der Waals surface area contributed by atoms with E-state index in [9.17, 15) is 13.9 Å². The quantitative estimate of drug-likeness (QED) is 0.777. The zero-order chi connectivity index (χ0) is 19.2. The SMILES string of the molecule is C[N+]1(C)[C@@H]2CC[C@H]1CC(CC(O)(c1cccc(F)c1)c1cccc(F)c1)C2. The number of nitrogens with zero attached hydrogens (tertiary/aromatic N) is 1. The molecule has 1 unspecified atom stereocenters. The monoisotopic (exact) mass is 372 g/mol. The van der Waals surface area contributed by atoms with Crippen molar-refractivity contribution in [3.63, 3.8) is 0 Å². The van der Waals surface area contributed by atoms with Crippen LogP contribution in [0.3, 0.4) is 0 Å². The molecule has 0 aliphatic carbocycles. The Labute approximate surface area is 160 Å². The molecule has 2 aliphatic rings. The average molecular weight is 372 g/mol. The summed E-state index contributed by atoms with van der Waals surface area (Å²) in [7, 11) is 4.62. The van der Waals surface area contributed by atoms with Crippen molar-refractivity contribution >= 4 is 0 Å². The van der Waals surface area contributed by atoms with Gasteiger partial charge in [0.25, 0.3) is 0 Å². The van der Waals surface area contributed by atoms with Crippen molar-refractivity contribution in [2.75, 3.05) is 14.1 Å². The summed E-state index contributed by atoms with van der Waals surface area (Å²) >= 11 is 0. The highest BCUT2D eigenvalue weighted by atomic mass is 19.1. The highest BCUT2D eigenvalue weighted by Gasteiger charge is 2.50. The van der Waals surface area contributed by atoms with Gasteiger partial charge in [-0.15, -0.1) is 0 Å². The van der Waals surface area contributed by atoms with E-state index in [0.29, 0.717) is 35.5 Å². The fourth-order valence-corrected chi connectivity index (χ4v) is 5.47. The molecule has 27 heavy (non-hydrogen) atoms. The summed E-state index contributed by atoms with van der Waals surface area (Å²) in [5.41, 5.74) is -0.387. The lowest BCUT2D eigenvalue weighted by molar-refractivity contribution is -0.931. The number of quaternary nitrogens is 1. The van der Waals surface area contributed by atoms with Crippen LogP contribution >= 0.6 is 0 Å². The maximum atomic E-state index is 13.9. The molecule has 4 rings (SSSR count). The van der Waals surface area contributed by atoms with Crippen LogP contribution in [-0.4, -0.2) is 35.8 Å². The zero-order valence-electron chi connectivity index (χ0n) is 16.0. The van der Waals surface area contributed by atoms with Crippen molar-refractivity contribution in [1.82, 2.24) is 0 Å². The van der Waals surface area contributed by atoms with Gasteiger partial charge in [0.2, 0.25) is 0 Å². The first kappa shape index (κ1) is 18.6. The largest absolute Gasteiger partial charge is 0.380 e. The first-order valence-corrected chi connectivity index (χ1v) is 9.87. The number of halogens is 2. The third-order valence-electron chi connectivity index (χ3n) is 7.11. The van der Waals surface area contributed by atoms with E-state index in [-0.39, 0.29) is 11.6 Å². The van der Waals surface area contributed by atoms with Gasteiger partial charge in [0.05, 0.1) is 26.2 Å². The molecular weight excluding hydrogens is 344 g/mol. The van der Waals surface area contributed by atoms with Crippen LogP contribution in [0.1, 0.15) is 43.2 Å². The minimum atomic E-state index is -1.39. The van der Waals surface area contributed by atoms with Crippen molar-refractivity contribution in [2.24, 2.45) is 5.92 Å². The Hall–Kier alpha value is -1.78. The number of piperidine rings is 1. The molecule has 0 saturated carbocycles. The van der Waals surface area contributed by atoms with Crippen LogP contribution in [0.2, 0.25) is 0 Å². The van der Waals surface area contributed by atoms with Crippen LogP contribution in [0.5, 0.6) is 0 Å². The van der Waals surface area contributed by atoms with Gasteiger partial charge < -0.3 is 9.59 Å². The Morgan fingerprint density at radius 2 is 1.41 bits per heavy atom. The number of hydrogen-bond donors (Lipinski definition) is 1. The van der Waals surface area contributed by atoms with Gasteiger partial charge in [-0.25, -0.2) is 8.78 Å². The predicted molar refractivity (Wildman–Crippen MR) is 102 cm³/mol. The molecule has 2 heterocycles. The first-order valence-electron chi connectivity index (χ1n) is 9.87. The van der Waals surface area contributed by atoms with E-state index in [1.165, 1.54) is 37.1 Å². The van der Waals surface area contributed by atoms with Crippen LogP contribution in [0.4, 0.5) is 8.78 Å². The maximum absolute atomic E-state index is 13.9. The summed E-state index contributed by atoms with van der Waals surface area (Å²) in [5, 5.41) is 11.7. The van der Waals surface area contributed by atoms with Gasteiger partial charge in [-0.3, -0.25) is 0 Å². The molecule has 2 saturated heterocycles. The Balaban J connectivity index is 1.69. The second-order valence-corrected chi connectivity index (χ2v) is 8.94. The van der Waals surface area contributed by atoms with Gasteiger partial charge in [-0.1, -0.05) is 24.3 Å². The highest BCUT2D eigenvalue weighted by molar-refractivity contribution is 5.36. The smallest absolute Gasteiger partial charge is 0.123 e. The van der Waals surface area contributed by atoms with E-state index >= 15 is 0 Å². The van der Waals surface area contributed by atoms with Crippen molar-refractivity contribution in [3.8, 4) is 0 Å². The second kappa shape index (κ2) is 6.68. The lowest BCUT2D eigenvalue weighted by atomic mass is 9.75. The molecule has 0 radical (unpaired) electrons.